The second-order valence-corrected chi connectivity index (χ2v) is 7.99. The van der Waals surface area contributed by atoms with E-state index in [9.17, 15) is 14.4 Å². The fraction of sp³-hybridized carbons (Fsp3) is 0.286. The van der Waals surface area contributed by atoms with Gasteiger partial charge in [-0.2, -0.15) is 0 Å². The number of carbonyl (C=O) groups is 3. The third-order valence-electron chi connectivity index (χ3n) is 4.98. The van der Waals surface area contributed by atoms with Gasteiger partial charge in [-0.15, -0.1) is 0 Å². The summed E-state index contributed by atoms with van der Waals surface area (Å²) < 4.78 is 0.871. The molecule has 3 amide bonds. The highest BCUT2D eigenvalue weighted by atomic mass is 79.9. The van der Waals surface area contributed by atoms with Gasteiger partial charge in [0.15, 0.2) is 0 Å². The minimum Gasteiger partial charge on any atom is -0.323 e. The Balaban J connectivity index is 1.64. The number of anilines is 1. The summed E-state index contributed by atoms with van der Waals surface area (Å²) in [4.78, 5) is 41.7. The SMILES string of the molecule is Cc1cccc(C(=O)N(C2CC2)C2CC(=O)N(c3ccc(Br)cc3)C2=O)c1. The Labute approximate surface area is 166 Å². The third kappa shape index (κ3) is 3.41. The average molecular weight is 427 g/mol. The number of hydrogen-bond donors (Lipinski definition) is 0. The topological polar surface area (TPSA) is 57.7 Å². The van der Waals surface area contributed by atoms with E-state index in [1.165, 1.54) is 4.90 Å². The van der Waals surface area contributed by atoms with Crippen LogP contribution in [0, 0.1) is 6.92 Å². The summed E-state index contributed by atoms with van der Waals surface area (Å²) in [6.45, 7) is 1.93. The molecule has 2 aliphatic rings. The first-order valence-electron chi connectivity index (χ1n) is 8.97. The first-order valence-corrected chi connectivity index (χ1v) is 9.76. The highest BCUT2D eigenvalue weighted by Gasteiger charge is 2.48. The standard InChI is InChI=1S/C21H19BrN2O3/c1-13-3-2-4-14(11-13)20(26)23(16-9-10-16)18-12-19(25)24(21(18)27)17-7-5-15(22)6-8-17/h2-8,11,16,18H,9-10,12H2,1H3. The van der Waals surface area contributed by atoms with E-state index in [1.54, 1.807) is 35.2 Å². The van der Waals surface area contributed by atoms with Crippen LogP contribution in [0.4, 0.5) is 5.69 Å². The van der Waals surface area contributed by atoms with E-state index >= 15 is 0 Å². The molecule has 0 aromatic heterocycles. The molecular weight excluding hydrogens is 408 g/mol. The van der Waals surface area contributed by atoms with Crippen LogP contribution in [0.1, 0.15) is 35.2 Å². The maximum absolute atomic E-state index is 13.1. The van der Waals surface area contributed by atoms with Crippen molar-refractivity contribution in [2.75, 3.05) is 4.90 Å². The fourth-order valence-electron chi connectivity index (χ4n) is 3.54. The molecule has 2 aromatic rings. The van der Waals surface area contributed by atoms with Gasteiger partial charge < -0.3 is 4.90 Å². The highest BCUT2D eigenvalue weighted by Crippen LogP contribution is 2.35. The van der Waals surface area contributed by atoms with Crippen molar-refractivity contribution in [3.63, 3.8) is 0 Å². The van der Waals surface area contributed by atoms with E-state index in [-0.39, 0.29) is 30.2 Å². The van der Waals surface area contributed by atoms with Crippen LogP contribution < -0.4 is 4.90 Å². The summed E-state index contributed by atoms with van der Waals surface area (Å²) in [5.41, 5.74) is 2.08. The predicted octanol–water partition coefficient (Wildman–Crippen LogP) is 3.69. The van der Waals surface area contributed by atoms with E-state index in [4.69, 9.17) is 0 Å². The smallest absolute Gasteiger partial charge is 0.257 e. The van der Waals surface area contributed by atoms with Crippen LogP contribution in [0.3, 0.4) is 0 Å². The Bertz CT molecular complexity index is 921. The van der Waals surface area contributed by atoms with E-state index in [2.05, 4.69) is 15.9 Å². The molecule has 2 fully saturated rings. The van der Waals surface area contributed by atoms with Crippen molar-refractivity contribution < 1.29 is 14.4 Å². The molecule has 1 saturated heterocycles. The number of halogens is 1. The van der Waals surface area contributed by atoms with Gasteiger partial charge in [-0.05, 0) is 56.2 Å². The van der Waals surface area contributed by atoms with Crippen LogP contribution >= 0.6 is 15.9 Å². The molecule has 0 radical (unpaired) electrons. The minimum atomic E-state index is -0.735. The van der Waals surface area contributed by atoms with Crippen LogP contribution in [-0.4, -0.2) is 34.7 Å². The van der Waals surface area contributed by atoms with E-state index in [0.29, 0.717) is 11.3 Å². The van der Waals surface area contributed by atoms with Gasteiger partial charge in [-0.25, -0.2) is 4.90 Å². The van der Waals surface area contributed by atoms with Gasteiger partial charge in [0.25, 0.3) is 11.8 Å². The minimum absolute atomic E-state index is 0.0307. The lowest BCUT2D eigenvalue weighted by atomic mass is 10.1. The van der Waals surface area contributed by atoms with Crippen molar-refractivity contribution in [2.24, 2.45) is 0 Å². The van der Waals surface area contributed by atoms with Crippen LogP contribution in [0.25, 0.3) is 0 Å². The Morgan fingerprint density at radius 2 is 1.81 bits per heavy atom. The van der Waals surface area contributed by atoms with Crippen molar-refractivity contribution in [1.29, 1.82) is 0 Å². The summed E-state index contributed by atoms with van der Waals surface area (Å²) in [6.07, 6.45) is 1.77. The second kappa shape index (κ2) is 6.93. The number of carbonyl (C=O) groups excluding carboxylic acids is 3. The van der Waals surface area contributed by atoms with Gasteiger partial charge in [0.05, 0.1) is 12.1 Å². The monoisotopic (exact) mass is 426 g/mol. The molecule has 1 unspecified atom stereocenters. The molecule has 0 bridgehead atoms. The molecule has 0 spiro atoms. The number of rotatable bonds is 4. The molecule has 6 heteroatoms. The maximum Gasteiger partial charge on any atom is 0.257 e. The lowest BCUT2D eigenvalue weighted by molar-refractivity contribution is -0.122. The number of imide groups is 1. The summed E-state index contributed by atoms with van der Waals surface area (Å²) in [7, 11) is 0. The van der Waals surface area contributed by atoms with Crippen molar-refractivity contribution >= 4 is 39.3 Å². The Kier molecular flexibility index (Phi) is 4.60. The molecular formula is C21H19BrN2O3. The van der Waals surface area contributed by atoms with Gasteiger partial charge >= 0.3 is 0 Å². The number of nitrogens with zero attached hydrogens (tertiary/aromatic N) is 2. The van der Waals surface area contributed by atoms with Crippen molar-refractivity contribution in [1.82, 2.24) is 4.90 Å². The average Bonchev–Trinajstić information content (AvgIpc) is 3.43. The largest absolute Gasteiger partial charge is 0.323 e. The lowest BCUT2D eigenvalue weighted by Gasteiger charge is -2.28. The predicted molar refractivity (Wildman–Crippen MR) is 105 cm³/mol. The molecule has 1 atom stereocenters. The molecule has 2 aromatic carbocycles. The maximum atomic E-state index is 13.1. The summed E-state index contributed by atoms with van der Waals surface area (Å²) in [6, 6.07) is 13.7. The second-order valence-electron chi connectivity index (χ2n) is 7.08. The first kappa shape index (κ1) is 17.9. The molecule has 1 saturated carbocycles. The number of benzene rings is 2. The molecule has 27 heavy (non-hydrogen) atoms. The zero-order valence-electron chi connectivity index (χ0n) is 14.9. The Morgan fingerprint density at radius 1 is 1.11 bits per heavy atom. The van der Waals surface area contributed by atoms with Crippen LogP contribution in [0.15, 0.2) is 53.0 Å². The number of aryl methyl sites for hydroxylation is 1. The Morgan fingerprint density at radius 3 is 2.44 bits per heavy atom. The van der Waals surface area contributed by atoms with Crippen LogP contribution in [-0.2, 0) is 9.59 Å². The molecule has 5 nitrogen and oxygen atoms in total. The molecule has 1 aliphatic carbocycles. The van der Waals surface area contributed by atoms with Gasteiger partial charge in [0.2, 0.25) is 5.91 Å². The number of hydrogen-bond acceptors (Lipinski definition) is 3. The van der Waals surface area contributed by atoms with Gasteiger partial charge in [-0.1, -0.05) is 33.6 Å². The quantitative estimate of drug-likeness (QED) is 0.700. The van der Waals surface area contributed by atoms with E-state index in [0.717, 1.165) is 22.9 Å². The molecule has 4 rings (SSSR count). The summed E-state index contributed by atoms with van der Waals surface area (Å²) in [5, 5.41) is 0. The zero-order valence-corrected chi connectivity index (χ0v) is 16.5. The summed E-state index contributed by atoms with van der Waals surface area (Å²) in [5.74, 6) is -0.768. The normalized spacial score (nSPS) is 19.5. The van der Waals surface area contributed by atoms with Crippen molar-refractivity contribution in [3.8, 4) is 0 Å². The Hall–Kier alpha value is -2.47. The first-order chi connectivity index (χ1) is 13.0. The van der Waals surface area contributed by atoms with Gasteiger partial charge in [0, 0.05) is 16.1 Å². The number of amides is 3. The molecule has 1 aliphatic heterocycles. The van der Waals surface area contributed by atoms with Crippen molar-refractivity contribution in [3.05, 3.63) is 64.1 Å². The van der Waals surface area contributed by atoms with E-state index in [1.807, 2.05) is 25.1 Å². The molecule has 138 valence electrons. The van der Waals surface area contributed by atoms with E-state index < -0.39 is 6.04 Å². The lowest BCUT2D eigenvalue weighted by Crippen LogP contribution is -2.46. The highest BCUT2D eigenvalue weighted by molar-refractivity contribution is 9.10. The summed E-state index contributed by atoms with van der Waals surface area (Å²) >= 11 is 3.36. The van der Waals surface area contributed by atoms with Crippen LogP contribution in [0.5, 0.6) is 0 Å². The third-order valence-corrected chi connectivity index (χ3v) is 5.51. The van der Waals surface area contributed by atoms with Gasteiger partial charge in [-0.3, -0.25) is 14.4 Å². The zero-order chi connectivity index (χ0) is 19.1. The van der Waals surface area contributed by atoms with Crippen molar-refractivity contribution in [2.45, 2.75) is 38.3 Å². The molecule has 1 heterocycles. The molecule has 0 N–H and O–H groups in total. The fourth-order valence-corrected chi connectivity index (χ4v) is 3.80. The van der Waals surface area contributed by atoms with Crippen LogP contribution in [0.2, 0.25) is 0 Å². The van der Waals surface area contributed by atoms with Gasteiger partial charge in [0.1, 0.15) is 6.04 Å².